The van der Waals surface area contributed by atoms with Crippen LogP contribution in [0.4, 0.5) is 24.7 Å². The summed E-state index contributed by atoms with van der Waals surface area (Å²) >= 11 is 6.27. The van der Waals surface area contributed by atoms with Gasteiger partial charge in [-0.1, -0.05) is 23.7 Å². The minimum atomic E-state index is -4.87. The lowest BCUT2D eigenvalue weighted by atomic mass is 10.1. The number of morpholine rings is 1. The van der Waals surface area contributed by atoms with E-state index in [1.165, 1.54) is 11.1 Å². The Morgan fingerprint density at radius 2 is 1.98 bits per heavy atom. The number of nitrogens with zero attached hydrogens (tertiary/aromatic N) is 5. The topological polar surface area (TPSA) is 114 Å². The van der Waals surface area contributed by atoms with E-state index in [-0.39, 0.29) is 47.9 Å². The molecule has 0 radical (unpaired) electrons. The molecule has 0 bridgehead atoms. The van der Waals surface area contributed by atoms with Crippen LogP contribution >= 0.6 is 11.6 Å². The highest BCUT2D eigenvalue weighted by Crippen LogP contribution is 2.40. The smallest absolute Gasteiger partial charge is 0.451 e. The zero-order chi connectivity index (χ0) is 29.1. The maximum atomic E-state index is 13.9. The average molecular weight is 592 g/mol. The van der Waals surface area contributed by atoms with Crippen molar-refractivity contribution in [1.29, 1.82) is 0 Å². The molecule has 4 atom stereocenters. The first kappa shape index (κ1) is 27.3. The Labute approximate surface area is 236 Å². The van der Waals surface area contributed by atoms with Gasteiger partial charge in [-0.3, -0.25) is 0 Å². The van der Waals surface area contributed by atoms with E-state index in [2.05, 4.69) is 19.9 Å². The lowest BCUT2D eigenvalue weighted by Gasteiger charge is -2.39. The quantitative estimate of drug-likeness (QED) is 0.333. The van der Waals surface area contributed by atoms with Gasteiger partial charge in [0.05, 0.1) is 30.3 Å². The van der Waals surface area contributed by atoms with Gasteiger partial charge in [-0.15, -0.1) is 0 Å². The number of carboxylic acids is 1. The summed E-state index contributed by atoms with van der Waals surface area (Å²) in [6.07, 6.45) is -4.30. The Kier molecular flexibility index (Phi) is 6.81. The van der Waals surface area contributed by atoms with Crippen molar-refractivity contribution in [2.24, 2.45) is 0 Å². The minimum absolute atomic E-state index is 0.0265. The number of carboxylic acid groups (broad SMARTS) is 1. The Balaban J connectivity index is 1.39. The van der Waals surface area contributed by atoms with Gasteiger partial charge in [-0.05, 0) is 32.0 Å². The molecule has 1 aromatic carbocycles. The molecule has 1 unspecified atom stereocenters. The lowest BCUT2D eigenvalue weighted by molar-refractivity contribution is -0.144. The number of alkyl halides is 3. The van der Waals surface area contributed by atoms with Crippen molar-refractivity contribution in [1.82, 2.24) is 15.0 Å². The van der Waals surface area contributed by atoms with Crippen molar-refractivity contribution >= 4 is 51.1 Å². The number of benzene rings is 1. The number of aliphatic carboxylic acids is 1. The van der Waals surface area contributed by atoms with Crippen molar-refractivity contribution in [2.45, 2.75) is 50.7 Å². The van der Waals surface area contributed by atoms with Crippen LogP contribution in [0.15, 0.2) is 40.9 Å². The molecule has 0 aliphatic carbocycles. The molecular weight excluding hydrogens is 567 g/mol. The van der Waals surface area contributed by atoms with Crippen LogP contribution in [-0.4, -0.2) is 70.0 Å². The van der Waals surface area contributed by atoms with Gasteiger partial charge >= 0.3 is 12.1 Å². The molecule has 4 aromatic rings. The van der Waals surface area contributed by atoms with Gasteiger partial charge in [0, 0.05) is 24.5 Å². The van der Waals surface area contributed by atoms with E-state index in [4.69, 9.17) is 25.5 Å². The highest BCUT2D eigenvalue weighted by Gasteiger charge is 2.43. The van der Waals surface area contributed by atoms with E-state index in [0.29, 0.717) is 34.8 Å². The van der Waals surface area contributed by atoms with Crippen LogP contribution in [0.3, 0.4) is 0 Å². The Morgan fingerprint density at radius 1 is 1.20 bits per heavy atom. The van der Waals surface area contributed by atoms with E-state index >= 15 is 0 Å². The summed E-state index contributed by atoms with van der Waals surface area (Å²) in [5, 5.41) is 10.8. The number of fused-ring (bicyclic) bond motifs is 3. The fourth-order valence-corrected chi connectivity index (χ4v) is 5.54. The van der Waals surface area contributed by atoms with Gasteiger partial charge in [0.2, 0.25) is 11.7 Å². The molecule has 0 saturated carbocycles. The van der Waals surface area contributed by atoms with Crippen molar-refractivity contribution < 1.29 is 37.0 Å². The molecule has 2 saturated heterocycles. The molecule has 41 heavy (non-hydrogen) atoms. The zero-order valence-corrected chi connectivity index (χ0v) is 22.7. The summed E-state index contributed by atoms with van der Waals surface area (Å²) in [4.78, 5) is 27.6. The van der Waals surface area contributed by atoms with Crippen LogP contribution in [0.5, 0.6) is 5.88 Å². The summed E-state index contributed by atoms with van der Waals surface area (Å²) in [6, 6.07) is 6.96. The molecule has 3 aromatic heterocycles. The van der Waals surface area contributed by atoms with Crippen molar-refractivity contribution in [2.75, 3.05) is 29.5 Å². The zero-order valence-electron chi connectivity index (χ0n) is 21.9. The van der Waals surface area contributed by atoms with Crippen molar-refractivity contribution in [3.8, 4) is 5.88 Å². The molecule has 14 heteroatoms. The second kappa shape index (κ2) is 10.2. The number of furan rings is 1. The van der Waals surface area contributed by atoms with Crippen molar-refractivity contribution in [3.63, 3.8) is 0 Å². The van der Waals surface area contributed by atoms with Crippen LogP contribution in [0.1, 0.15) is 26.1 Å². The van der Waals surface area contributed by atoms with Crippen LogP contribution in [0.2, 0.25) is 5.02 Å². The molecule has 0 amide bonds. The van der Waals surface area contributed by atoms with E-state index in [1.807, 2.05) is 13.8 Å². The molecule has 6 rings (SSSR count). The third-order valence-electron chi connectivity index (χ3n) is 7.55. The number of ether oxygens (including phenoxy) is 2. The van der Waals surface area contributed by atoms with E-state index < -0.39 is 30.1 Å². The summed E-state index contributed by atoms with van der Waals surface area (Å²) in [7, 11) is 0. The molecule has 2 aliphatic rings. The summed E-state index contributed by atoms with van der Waals surface area (Å²) in [5.74, 6) is -2.67. The number of hydrogen-bond acceptors (Lipinski definition) is 9. The molecule has 0 spiro atoms. The van der Waals surface area contributed by atoms with Gasteiger partial charge < -0.3 is 28.8 Å². The number of anilines is 2. The predicted octanol–water partition coefficient (Wildman–Crippen LogP) is 5.17. The Bertz CT molecular complexity index is 1630. The minimum Gasteiger partial charge on any atom is -0.480 e. The number of rotatable bonds is 5. The predicted molar refractivity (Wildman–Crippen MR) is 144 cm³/mol. The van der Waals surface area contributed by atoms with Crippen LogP contribution in [0, 0.1) is 0 Å². The highest BCUT2D eigenvalue weighted by atomic mass is 35.5. The summed E-state index contributed by atoms with van der Waals surface area (Å²) in [6.45, 7) is 4.91. The number of carbonyl (C=O) groups is 1. The largest absolute Gasteiger partial charge is 0.480 e. The molecule has 2 fully saturated rings. The molecule has 10 nitrogen and oxygen atoms in total. The first-order valence-electron chi connectivity index (χ1n) is 13.0. The Hall–Kier alpha value is -3.84. The Morgan fingerprint density at radius 3 is 2.73 bits per heavy atom. The molecule has 1 N–H and O–H groups in total. The number of aromatic nitrogens is 3. The lowest BCUT2D eigenvalue weighted by Crippen LogP contribution is -2.48. The van der Waals surface area contributed by atoms with Gasteiger partial charge in [0.15, 0.2) is 11.4 Å². The average Bonchev–Trinajstić information content (AvgIpc) is 3.52. The number of hydrogen-bond donors (Lipinski definition) is 1. The fraction of sp³-hybridized carbons (Fsp3) is 0.407. The maximum absolute atomic E-state index is 13.9. The monoisotopic (exact) mass is 591 g/mol. The van der Waals surface area contributed by atoms with Gasteiger partial charge in [0.1, 0.15) is 28.9 Å². The van der Waals surface area contributed by atoms with Crippen LogP contribution < -0.4 is 14.5 Å². The third kappa shape index (κ3) is 4.97. The maximum Gasteiger partial charge on any atom is 0.451 e. The van der Waals surface area contributed by atoms with Crippen LogP contribution in [-0.2, 0) is 15.7 Å². The van der Waals surface area contributed by atoms with Gasteiger partial charge in [0.25, 0.3) is 0 Å². The van der Waals surface area contributed by atoms with E-state index in [1.54, 1.807) is 30.3 Å². The van der Waals surface area contributed by atoms with Gasteiger partial charge in [-0.25, -0.2) is 19.7 Å². The van der Waals surface area contributed by atoms with Gasteiger partial charge in [-0.2, -0.15) is 13.2 Å². The SMILES string of the molecule is C[C@@H]1OCCN(c2cc(Cl)cnc2OC2C[C@@H](C(=O)O)N(c3nc(C(F)(F)F)nc4c3oc3ccccc34)C2)[C@H]1C. The fourth-order valence-electron chi connectivity index (χ4n) is 5.39. The number of pyridine rings is 1. The molecule has 216 valence electrons. The van der Waals surface area contributed by atoms with E-state index in [9.17, 15) is 23.1 Å². The first-order valence-corrected chi connectivity index (χ1v) is 13.4. The number of halogens is 4. The highest BCUT2D eigenvalue weighted by molar-refractivity contribution is 6.30. The van der Waals surface area contributed by atoms with E-state index in [0.717, 1.165) is 0 Å². The summed E-state index contributed by atoms with van der Waals surface area (Å²) in [5.41, 5.74) is 0.836. The third-order valence-corrected chi connectivity index (χ3v) is 7.75. The first-order chi connectivity index (χ1) is 19.5. The van der Waals surface area contributed by atoms with Crippen molar-refractivity contribution in [3.05, 3.63) is 47.4 Å². The summed E-state index contributed by atoms with van der Waals surface area (Å²) < 4.78 is 59.5. The second-order valence-electron chi connectivity index (χ2n) is 10.1. The normalized spacial score (nSPS) is 23.5. The molecule has 2 aliphatic heterocycles. The molecular formula is C27H25ClF3N5O5. The second-order valence-corrected chi connectivity index (χ2v) is 10.6. The standard InChI is InChI=1S/C27H25ClF3N5O5/c1-13-14(2)39-8-7-35(13)18-9-15(28)11-32-24(18)40-16-10-19(25(37)38)36(12-16)23-22-21(33-26(34-23)27(29,30)31)17-5-3-4-6-20(17)41-22/h3-6,9,11,13-14,16,19H,7-8,10,12H2,1-2H3,(H,37,38)/t13-,14-,16?,19-/m0/s1. The number of para-hydroxylation sites is 1. The van der Waals surface area contributed by atoms with Crippen LogP contribution in [0.25, 0.3) is 22.1 Å². The molecule has 5 heterocycles.